The van der Waals surface area contributed by atoms with Crippen molar-refractivity contribution in [1.82, 2.24) is 0 Å². The van der Waals surface area contributed by atoms with Gasteiger partial charge >= 0.3 is 0 Å². The lowest BCUT2D eigenvalue weighted by Gasteiger charge is -2.37. The summed E-state index contributed by atoms with van der Waals surface area (Å²) in [6.07, 6.45) is 1.42. The van der Waals surface area contributed by atoms with Crippen molar-refractivity contribution < 1.29 is 23.7 Å². The molecule has 35 heavy (non-hydrogen) atoms. The van der Waals surface area contributed by atoms with Crippen LogP contribution in [-0.2, 0) is 20.8 Å². The smallest absolute Gasteiger partial charge is 0.159 e. The van der Waals surface area contributed by atoms with Gasteiger partial charge in [-0.3, -0.25) is 0 Å². The molecule has 3 aromatic rings. The number of piperidine rings is 1. The van der Waals surface area contributed by atoms with Crippen LogP contribution in [-0.4, -0.2) is 38.7 Å². The molecule has 3 aromatic carbocycles. The molecule has 184 valence electrons. The second-order valence-electron chi connectivity index (χ2n) is 9.37. The number of phenols is 1. The summed E-state index contributed by atoms with van der Waals surface area (Å²) in [6.45, 7) is 2.22. The molecule has 1 N–H and O–H groups in total. The van der Waals surface area contributed by atoms with Crippen LogP contribution in [0, 0.1) is 11.7 Å². The molecule has 5 nitrogen and oxygen atoms in total. The summed E-state index contributed by atoms with van der Waals surface area (Å²) in [4.78, 5) is 2.39. The molecule has 2 aliphatic heterocycles. The molecule has 0 saturated carbocycles. The quantitative estimate of drug-likeness (QED) is 0.457. The number of hydrogen-bond donors (Lipinski definition) is 1. The molecular formula is C29H32FNO4. The van der Waals surface area contributed by atoms with Crippen molar-refractivity contribution in [1.29, 1.82) is 0 Å². The second kappa shape index (κ2) is 10.4. The van der Waals surface area contributed by atoms with E-state index in [-0.39, 0.29) is 23.8 Å². The number of rotatable bonds is 6. The monoisotopic (exact) mass is 477 g/mol. The molecule has 0 radical (unpaired) electrons. The van der Waals surface area contributed by atoms with Gasteiger partial charge in [-0.05, 0) is 59.9 Å². The number of fused-ring (bicyclic) bond motifs is 1. The van der Waals surface area contributed by atoms with Crippen molar-refractivity contribution in [3.05, 3.63) is 94.8 Å². The van der Waals surface area contributed by atoms with Gasteiger partial charge in [0.2, 0.25) is 0 Å². The zero-order valence-electron chi connectivity index (χ0n) is 20.2. The molecule has 0 amide bonds. The van der Waals surface area contributed by atoms with Gasteiger partial charge in [-0.15, -0.1) is 0 Å². The van der Waals surface area contributed by atoms with Crippen molar-refractivity contribution in [2.45, 2.75) is 37.8 Å². The van der Waals surface area contributed by atoms with Crippen LogP contribution >= 0.6 is 0 Å². The maximum absolute atomic E-state index is 14.8. The molecular weight excluding hydrogens is 445 g/mol. The topological polar surface area (TPSA) is 51.2 Å². The van der Waals surface area contributed by atoms with Crippen LogP contribution in [0.25, 0.3) is 0 Å². The van der Waals surface area contributed by atoms with Gasteiger partial charge in [0.15, 0.2) is 6.29 Å². The van der Waals surface area contributed by atoms with E-state index in [9.17, 15) is 9.50 Å². The Morgan fingerprint density at radius 2 is 1.66 bits per heavy atom. The van der Waals surface area contributed by atoms with Gasteiger partial charge < -0.3 is 24.2 Å². The number of aromatic hydroxyl groups is 1. The summed E-state index contributed by atoms with van der Waals surface area (Å²) < 4.78 is 31.9. The standard InChI is InChI=1S/C29H32FNO4/c1-33-29(34-2)20-13-15-31(16-14-20)22-9-7-19(8-10-22)27-24-12-11-23(32)17-21(24)18-35-28(27)25-5-3-4-6-26(25)30/h3-12,17,20,27-29,32H,13-16,18H2,1-2H3. The highest BCUT2D eigenvalue weighted by atomic mass is 19.1. The number of hydrogen-bond acceptors (Lipinski definition) is 5. The number of phenolic OH excluding ortho intramolecular Hbond substituents is 1. The van der Waals surface area contributed by atoms with E-state index in [1.807, 2.05) is 12.1 Å². The fourth-order valence-electron chi connectivity index (χ4n) is 5.59. The van der Waals surface area contributed by atoms with Gasteiger partial charge in [-0.25, -0.2) is 4.39 Å². The lowest BCUT2D eigenvalue weighted by Crippen LogP contribution is -2.39. The van der Waals surface area contributed by atoms with E-state index in [1.54, 1.807) is 38.5 Å². The van der Waals surface area contributed by atoms with E-state index < -0.39 is 6.10 Å². The van der Waals surface area contributed by atoms with Crippen LogP contribution in [0.5, 0.6) is 5.75 Å². The predicted molar refractivity (Wildman–Crippen MR) is 133 cm³/mol. The molecule has 1 saturated heterocycles. The molecule has 0 spiro atoms. The Balaban J connectivity index is 1.42. The Morgan fingerprint density at radius 1 is 0.943 bits per heavy atom. The lowest BCUT2D eigenvalue weighted by molar-refractivity contribution is -0.141. The van der Waals surface area contributed by atoms with Gasteiger partial charge in [-0.1, -0.05) is 36.4 Å². The maximum atomic E-state index is 14.8. The number of halogens is 1. The molecule has 6 heteroatoms. The van der Waals surface area contributed by atoms with Crippen LogP contribution in [0.1, 0.15) is 47.1 Å². The van der Waals surface area contributed by atoms with Gasteiger partial charge in [0.1, 0.15) is 11.6 Å². The highest BCUT2D eigenvalue weighted by Gasteiger charge is 2.35. The summed E-state index contributed by atoms with van der Waals surface area (Å²) >= 11 is 0. The molecule has 2 heterocycles. The van der Waals surface area contributed by atoms with Crippen molar-refractivity contribution in [2.24, 2.45) is 5.92 Å². The summed E-state index contributed by atoms with van der Waals surface area (Å²) in [5, 5.41) is 10.0. The summed E-state index contributed by atoms with van der Waals surface area (Å²) in [5.74, 6) is 0.155. The van der Waals surface area contributed by atoms with Crippen molar-refractivity contribution >= 4 is 5.69 Å². The molecule has 5 rings (SSSR count). The fraction of sp³-hybridized carbons (Fsp3) is 0.379. The largest absolute Gasteiger partial charge is 0.508 e. The molecule has 2 atom stereocenters. The maximum Gasteiger partial charge on any atom is 0.159 e. The first-order valence-corrected chi connectivity index (χ1v) is 12.2. The lowest BCUT2D eigenvalue weighted by atomic mass is 9.79. The van der Waals surface area contributed by atoms with Gasteiger partial charge in [0.05, 0.1) is 12.7 Å². The van der Waals surface area contributed by atoms with E-state index in [2.05, 4.69) is 29.2 Å². The van der Waals surface area contributed by atoms with Crippen LogP contribution in [0.2, 0.25) is 0 Å². The van der Waals surface area contributed by atoms with Crippen LogP contribution in [0.15, 0.2) is 66.7 Å². The number of ether oxygens (including phenoxy) is 3. The van der Waals surface area contributed by atoms with Crippen LogP contribution < -0.4 is 4.90 Å². The fourth-order valence-corrected chi connectivity index (χ4v) is 5.59. The number of nitrogens with zero attached hydrogens (tertiary/aromatic N) is 1. The molecule has 0 aromatic heterocycles. The first kappa shape index (κ1) is 23.8. The van der Waals surface area contributed by atoms with Crippen molar-refractivity contribution in [3.63, 3.8) is 0 Å². The summed E-state index contributed by atoms with van der Waals surface area (Å²) in [6, 6.07) is 20.7. The highest BCUT2D eigenvalue weighted by molar-refractivity contribution is 5.52. The molecule has 0 aliphatic carbocycles. The van der Waals surface area contributed by atoms with Crippen molar-refractivity contribution in [2.75, 3.05) is 32.2 Å². The van der Waals surface area contributed by atoms with E-state index >= 15 is 0 Å². The van der Waals surface area contributed by atoms with Gasteiger partial charge in [-0.2, -0.15) is 0 Å². The number of benzene rings is 3. The third-order valence-electron chi connectivity index (χ3n) is 7.40. The van der Waals surface area contributed by atoms with E-state index in [1.165, 1.54) is 11.8 Å². The average molecular weight is 478 g/mol. The zero-order chi connectivity index (χ0) is 24.4. The summed E-state index contributed by atoms with van der Waals surface area (Å²) in [5.41, 5.74) is 4.76. The Hall–Kier alpha value is -2.93. The minimum Gasteiger partial charge on any atom is -0.508 e. The Kier molecular flexibility index (Phi) is 7.04. The van der Waals surface area contributed by atoms with E-state index in [0.29, 0.717) is 18.1 Å². The minimum absolute atomic E-state index is 0.152. The molecule has 2 unspecified atom stereocenters. The zero-order valence-corrected chi connectivity index (χ0v) is 20.2. The molecule has 0 bridgehead atoms. The number of methoxy groups -OCH3 is 2. The third-order valence-corrected chi connectivity index (χ3v) is 7.40. The van der Waals surface area contributed by atoms with E-state index in [4.69, 9.17) is 14.2 Å². The van der Waals surface area contributed by atoms with Crippen LogP contribution in [0.3, 0.4) is 0 Å². The average Bonchev–Trinajstić information content (AvgIpc) is 2.89. The first-order chi connectivity index (χ1) is 17.1. The SMILES string of the molecule is COC(OC)C1CCN(c2ccc(C3c4ccc(O)cc4COC3c3ccccc3F)cc2)CC1. The van der Waals surface area contributed by atoms with Crippen molar-refractivity contribution in [3.8, 4) is 5.75 Å². The first-order valence-electron chi connectivity index (χ1n) is 12.2. The normalized spacial score (nSPS) is 20.7. The minimum atomic E-state index is -0.449. The molecule has 1 fully saturated rings. The van der Waals surface area contributed by atoms with Gasteiger partial charge in [0, 0.05) is 50.4 Å². The van der Waals surface area contributed by atoms with Gasteiger partial charge in [0.25, 0.3) is 0 Å². The Bertz CT molecular complexity index is 1140. The Morgan fingerprint density at radius 3 is 2.34 bits per heavy atom. The third kappa shape index (κ3) is 4.79. The second-order valence-corrected chi connectivity index (χ2v) is 9.37. The summed E-state index contributed by atoms with van der Waals surface area (Å²) in [7, 11) is 3.39. The number of anilines is 1. The molecule has 2 aliphatic rings. The predicted octanol–water partition coefficient (Wildman–Crippen LogP) is 5.77. The van der Waals surface area contributed by atoms with E-state index in [0.717, 1.165) is 42.6 Å². The Labute approximate surface area is 206 Å². The highest BCUT2D eigenvalue weighted by Crippen LogP contribution is 2.46. The van der Waals surface area contributed by atoms with Crippen LogP contribution in [0.4, 0.5) is 10.1 Å².